The van der Waals surface area contributed by atoms with E-state index < -0.39 is 0 Å². The number of hydrogen-bond donors (Lipinski definition) is 1. The molecular weight excluding hydrogens is 214 g/mol. The van der Waals surface area contributed by atoms with Crippen LogP contribution >= 0.6 is 12.4 Å². The quantitative estimate of drug-likeness (QED) is 0.737. The molecular formula is C11H20ClNO2. The van der Waals surface area contributed by atoms with E-state index in [9.17, 15) is 4.79 Å². The van der Waals surface area contributed by atoms with E-state index >= 15 is 0 Å². The molecule has 0 bridgehead atoms. The third kappa shape index (κ3) is 3.08. The summed E-state index contributed by atoms with van der Waals surface area (Å²) in [5, 5.41) is 3.32. The van der Waals surface area contributed by atoms with E-state index in [2.05, 4.69) is 5.32 Å². The minimum atomic E-state index is -0.334. The van der Waals surface area contributed by atoms with Crippen LogP contribution in [0.4, 0.5) is 0 Å². The van der Waals surface area contributed by atoms with Gasteiger partial charge in [-0.05, 0) is 51.6 Å². The van der Waals surface area contributed by atoms with Crippen molar-refractivity contribution in [3.63, 3.8) is 0 Å². The first-order valence-electron chi connectivity index (χ1n) is 5.40. The van der Waals surface area contributed by atoms with E-state index in [1.807, 2.05) is 20.8 Å². The van der Waals surface area contributed by atoms with Crippen molar-refractivity contribution >= 4 is 18.4 Å². The van der Waals surface area contributed by atoms with Crippen LogP contribution in [0.5, 0.6) is 0 Å². The first-order valence-corrected chi connectivity index (χ1v) is 5.40. The number of rotatable bonds is 2. The molecule has 3 atom stereocenters. The summed E-state index contributed by atoms with van der Waals surface area (Å²) < 4.78 is 5.29. The van der Waals surface area contributed by atoms with Crippen molar-refractivity contribution in [2.75, 3.05) is 13.1 Å². The van der Waals surface area contributed by atoms with Gasteiger partial charge in [0.2, 0.25) is 0 Å². The second-order valence-electron chi connectivity index (χ2n) is 5.44. The molecule has 0 aromatic rings. The molecule has 0 radical (unpaired) electrons. The number of hydrogen-bond acceptors (Lipinski definition) is 3. The Bertz CT molecular complexity index is 239. The van der Waals surface area contributed by atoms with Crippen LogP contribution in [-0.4, -0.2) is 24.7 Å². The molecule has 3 nitrogen and oxygen atoms in total. The Balaban J connectivity index is 0.00000112. The fraction of sp³-hybridized carbons (Fsp3) is 0.909. The van der Waals surface area contributed by atoms with E-state index in [1.165, 1.54) is 0 Å². The molecule has 2 aliphatic rings. The summed E-state index contributed by atoms with van der Waals surface area (Å²) in [5.74, 6) is 2.08. The summed E-state index contributed by atoms with van der Waals surface area (Å²) in [4.78, 5) is 11.5. The Morgan fingerprint density at radius 2 is 1.87 bits per heavy atom. The van der Waals surface area contributed by atoms with Crippen LogP contribution in [0.25, 0.3) is 0 Å². The second kappa shape index (κ2) is 4.30. The molecule has 88 valence electrons. The SMILES string of the molecule is CC(C)(C)OC(=O)CC1[C@H]2CNC[C@@H]12.Cl. The minimum absolute atomic E-state index is 0. The van der Waals surface area contributed by atoms with Crippen molar-refractivity contribution in [3.05, 3.63) is 0 Å². The van der Waals surface area contributed by atoms with Crippen LogP contribution in [-0.2, 0) is 9.53 Å². The van der Waals surface area contributed by atoms with E-state index in [0.717, 1.165) is 24.9 Å². The van der Waals surface area contributed by atoms with Gasteiger partial charge in [-0.1, -0.05) is 0 Å². The number of ether oxygens (including phenoxy) is 1. The molecule has 1 N–H and O–H groups in total. The molecule has 0 spiro atoms. The maximum atomic E-state index is 11.5. The average Bonchev–Trinajstić information content (AvgIpc) is 2.50. The molecule has 1 heterocycles. The molecule has 0 aromatic carbocycles. The third-order valence-corrected chi connectivity index (χ3v) is 3.09. The lowest BCUT2D eigenvalue weighted by molar-refractivity contribution is -0.155. The number of fused-ring (bicyclic) bond motifs is 1. The molecule has 4 heteroatoms. The van der Waals surface area contributed by atoms with Crippen LogP contribution < -0.4 is 5.32 Å². The number of carbonyl (C=O) groups is 1. The molecule has 15 heavy (non-hydrogen) atoms. The molecule has 1 aliphatic heterocycles. The molecule has 1 saturated carbocycles. The van der Waals surface area contributed by atoms with E-state index in [1.54, 1.807) is 0 Å². The fourth-order valence-corrected chi connectivity index (χ4v) is 2.42. The summed E-state index contributed by atoms with van der Waals surface area (Å²) in [6.45, 7) is 7.94. The predicted octanol–water partition coefficient (Wildman–Crippen LogP) is 1.61. The van der Waals surface area contributed by atoms with Crippen molar-refractivity contribution in [1.82, 2.24) is 5.32 Å². The molecule has 1 saturated heterocycles. The van der Waals surface area contributed by atoms with Crippen LogP contribution in [0.1, 0.15) is 27.2 Å². The first kappa shape index (κ1) is 12.8. The monoisotopic (exact) mass is 233 g/mol. The highest BCUT2D eigenvalue weighted by Gasteiger charge is 2.53. The zero-order valence-electron chi connectivity index (χ0n) is 9.58. The van der Waals surface area contributed by atoms with Crippen LogP contribution in [0, 0.1) is 17.8 Å². The van der Waals surface area contributed by atoms with Crippen molar-refractivity contribution in [3.8, 4) is 0 Å². The van der Waals surface area contributed by atoms with Gasteiger partial charge in [-0.2, -0.15) is 0 Å². The lowest BCUT2D eigenvalue weighted by Crippen LogP contribution is -2.25. The molecule has 1 aliphatic carbocycles. The largest absolute Gasteiger partial charge is 0.460 e. The van der Waals surface area contributed by atoms with Gasteiger partial charge in [0.25, 0.3) is 0 Å². The summed E-state index contributed by atoms with van der Waals surface area (Å²) in [6, 6.07) is 0. The Kier molecular flexibility index (Phi) is 3.67. The number of carbonyl (C=O) groups excluding carboxylic acids is 1. The predicted molar refractivity (Wildman–Crippen MR) is 61.0 cm³/mol. The first-order chi connectivity index (χ1) is 6.47. The fourth-order valence-electron chi connectivity index (χ4n) is 2.42. The smallest absolute Gasteiger partial charge is 0.306 e. The lowest BCUT2D eigenvalue weighted by atomic mass is 10.1. The molecule has 1 unspecified atom stereocenters. The highest BCUT2D eigenvalue weighted by atomic mass is 35.5. The zero-order valence-corrected chi connectivity index (χ0v) is 10.4. The lowest BCUT2D eigenvalue weighted by Gasteiger charge is -2.19. The molecule has 2 rings (SSSR count). The zero-order chi connectivity index (χ0) is 10.3. The normalized spacial score (nSPS) is 32.9. The Hall–Kier alpha value is -0.280. The minimum Gasteiger partial charge on any atom is -0.460 e. The van der Waals surface area contributed by atoms with E-state index in [0.29, 0.717) is 12.3 Å². The highest BCUT2D eigenvalue weighted by Crippen LogP contribution is 2.50. The summed E-state index contributed by atoms with van der Waals surface area (Å²) in [5.41, 5.74) is -0.334. The molecule has 2 fully saturated rings. The van der Waals surface area contributed by atoms with Gasteiger partial charge in [-0.3, -0.25) is 4.79 Å². The topological polar surface area (TPSA) is 38.3 Å². The third-order valence-electron chi connectivity index (χ3n) is 3.09. The standard InChI is InChI=1S/C11H19NO2.ClH/c1-11(2,3)14-10(13)4-7-8-5-12-6-9(7)8;/h7-9,12H,4-6H2,1-3H3;1H/t7?,8-,9+;. The van der Waals surface area contributed by atoms with Crippen LogP contribution in [0.2, 0.25) is 0 Å². The van der Waals surface area contributed by atoms with Crippen molar-refractivity contribution in [2.24, 2.45) is 17.8 Å². The molecule has 0 amide bonds. The van der Waals surface area contributed by atoms with Crippen LogP contribution in [0.15, 0.2) is 0 Å². The maximum absolute atomic E-state index is 11.5. The summed E-state index contributed by atoms with van der Waals surface area (Å²) in [6.07, 6.45) is 0.619. The number of piperidine rings is 1. The van der Waals surface area contributed by atoms with Gasteiger partial charge in [0.1, 0.15) is 5.60 Å². The van der Waals surface area contributed by atoms with Gasteiger partial charge in [0, 0.05) is 6.42 Å². The number of nitrogens with one attached hydrogen (secondary N) is 1. The Morgan fingerprint density at radius 1 is 1.33 bits per heavy atom. The highest BCUT2D eigenvalue weighted by molar-refractivity contribution is 5.85. The average molecular weight is 234 g/mol. The number of halogens is 1. The van der Waals surface area contributed by atoms with Gasteiger partial charge >= 0.3 is 5.97 Å². The maximum Gasteiger partial charge on any atom is 0.306 e. The van der Waals surface area contributed by atoms with Crippen LogP contribution in [0.3, 0.4) is 0 Å². The van der Waals surface area contributed by atoms with Gasteiger partial charge in [0.15, 0.2) is 0 Å². The van der Waals surface area contributed by atoms with Gasteiger partial charge in [-0.25, -0.2) is 0 Å². The van der Waals surface area contributed by atoms with Gasteiger partial charge < -0.3 is 10.1 Å². The van der Waals surface area contributed by atoms with E-state index in [4.69, 9.17) is 4.74 Å². The van der Waals surface area contributed by atoms with Crippen molar-refractivity contribution < 1.29 is 9.53 Å². The Morgan fingerprint density at radius 3 is 2.33 bits per heavy atom. The summed E-state index contributed by atoms with van der Waals surface area (Å²) in [7, 11) is 0. The van der Waals surface area contributed by atoms with Crippen molar-refractivity contribution in [2.45, 2.75) is 32.8 Å². The Labute approximate surface area is 97.4 Å². The van der Waals surface area contributed by atoms with Gasteiger partial charge in [-0.15, -0.1) is 12.4 Å². The summed E-state index contributed by atoms with van der Waals surface area (Å²) >= 11 is 0. The number of esters is 1. The van der Waals surface area contributed by atoms with Crippen molar-refractivity contribution in [1.29, 1.82) is 0 Å². The van der Waals surface area contributed by atoms with E-state index in [-0.39, 0.29) is 24.0 Å². The second-order valence-corrected chi connectivity index (χ2v) is 5.44. The van der Waals surface area contributed by atoms with Gasteiger partial charge in [0.05, 0.1) is 0 Å². The molecule has 0 aromatic heterocycles.